The summed E-state index contributed by atoms with van der Waals surface area (Å²) in [6.07, 6.45) is 1.07. The zero-order valence-electron chi connectivity index (χ0n) is 11.4. The van der Waals surface area contributed by atoms with E-state index in [4.69, 9.17) is 0 Å². The molecule has 0 fully saturated rings. The fourth-order valence-electron chi connectivity index (χ4n) is 2.18. The van der Waals surface area contributed by atoms with Gasteiger partial charge in [-0.2, -0.15) is 11.3 Å². The van der Waals surface area contributed by atoms with Crippen LogP contribution in [0.2, 0.25) is 0 Å². The van der Waals surface area contributed by atoms with Crippen LogP contribution in [0.15, 0.2) is 35.0 Å². The molecule has 18 heavy (non-hydrogen) atoms. The lowest BCUT2D eigenvalue weighted by molar-refractivity contribution is 0.550. The van der Waals surface area contributed by atoms with Gasteiger partial charge in [-0.3, -0.25) is 0 Å². The minimum atomic E-state index is 0.420. The van der Waals surface area contributed by atoms with Crippen LogP contribution in [0.4, 0.5) is 0 Å². The Kier molecular flexibility index (Phi) is 4.56. The van der Waals surface area contributed by atoms with E-state index in [0.717, 1.165) is 13.0 Å². The normalized spacial score (nSPS) is 12.6. The molecule has 1 nitrogen and oxygen atoms in total. The van der Waals surface area contributed by atoms with E-state index in [1.54, 1.807) is 11.3 Å². The first-order chi connectivity index (χ1) is 8.70. The third-order valence-electron chi connectivity index (χ3n) is 3.40. The van der Waals surface area contributed by atoms with Crippen molar-refractivity contribution in [3.8, 4) is 0 Å². The minimum Gasteiger partial charge on any atom is -0.310 e. The molecule has 0 aliphatic rings. The maximum atomic E-state index is 3.59. The standard InChI is InChI=1S/C16H21NS/c1-4-17-16(10-14-7-8-18-11-14)15-6-5-12(2)13(3)9-15/h5-9,11,16-17H,4,10H2,1-3H3. The van der Waals surface area contributed by atoms with Crippen LogP contribution in [0.1, 0.15) is 35.2 Å². The molecular weight excluding hydrogens is 238 g/mol. The Morgan fingerprint density at radius 3 is 2.61 bits per heavy atom. The van der Waals surface area contributed by atoms with Crippen molar-refractivity contribution in [3.05, 3.63) is 57.3 Å². The molecule has 2 aromatic rings. The third kappa shape index (κ3) is 3.21. The van der Waals surface area contributed by atoms with Crippen molar-refractivity contribution >= 4 is 11.3 Å². The van der Waals surface area contributed by atoms with Crippen LogP contribution in [-0.2, 0) is 6.42 Å². The highest BCUT2D eigenvalue weighted by atomic mass is 32.1. The predicted octanol–water partition coefficient (Wildman–Crippen LogP) is 4.26. The quantitative estimate of drug-likeness (QED) is 0.846. The maximum absolute atomic E-state index is 3.59. The third-order valence-corrected chi connectivity index (χ3v) is 4.14. The highest BCUT2D eigenvalue weighted by molar-refractivity contribution is 7.07. The monoisotopic (exact) mass is 259 g/mol. The minimum absolute atomic E-state index is 0.420. The lowest BCUT2D eigenvalue weighted by Gasteiger charge is -2.19. The van der Waals surface area contributed by atoms with Crippen molar-refractivity contribution < 1.29 is 0 Å². The molecule has 1 aromatic heterocycles. The second kappa shape index (κ2) is 6.17. The number of benzene rings is 1. The Labute approximate surface area is 114 Å². The Balaban J connectivity index is 2.20. The van der Waals surface area contributed by atoms with Gasteiger partial charge in [0.2, 0.25) is 0 Å². The molecule has 96 valence electrons. The lowest BCUT2D eigenvalue weighted by Crippen LogP contribution is -2.22. The second-order valence-electron chi connectivity index (χ2n) is 4.79. The summed E-state index contributed by atoms with van der Waals surface area (Å²) in [5, 5.41) is 7.98. The van der Waals surface area contributed by atoms with Crippen molar-refractivity contribution in [2.45, 2.75) is 33.2 Å². The molecule has 1 N–H and O–H groups in total. The zero-order valence-corrected chi connectivity index (χ0v) is 12.2. The van der Waals surface area contributed by atoms with Gasteiger partial charge in [-0.05, 0) is 65.9 Å². The summed E-state index contributed by atoms with van der Waals surface area (Å²) < 4.78 is 0. The molecule has 0 aliphatic heterocycles. The van der Waals surface area contributed by atoms with E-state index in [0.29, 0.717) is 6.04 Å². The number of aryl methyl sites for hydroxylation is 2. The van der Waals surface area contributed by atoms with Gasteiger partial charge in [0, 0.05) is 6.04 Å². The first-order valence-corrected chi connectivity index (χ1v) is 7.46. The lowest BCUT2D eigenvalue weighted by atomic mass is 9.97. The van der Waals surface area contributed by atoms with E-state index in [1.807, 2.05) is 0 Å². The van der Waals surface area contributed by atoms with Gasteiger partial charge in [-0.25, -0.2) is 0 Å². The van der Waals surface area contributed by atoms with Crippen LogP contribution in [0.3, 0.4) is 0 Å². The Morgan fingerprint density at radius 2 is 2.00 bits per heavy atom. The van der Waals surface area contributed by atoms with E-state index in [2.05, 4.69) is 61.1 Å². The summed E-state index contributed by atoms with van der Waals surface area (Å²) in [7, 11) is 0. The molecule has 1 heterocycles. The summed E-state index contributed by atoms with van der Waals surface area (Å²) in [5.41, 5.74) is 5.56. The summed E-state index contributed by atoms with van der Waals surface area (Å²) in [6.45, 7) is 7.52. The van der Waals surface area contributed by atoms with Gasteiger partial charge >= 0.3 is 0 Å². The number of hydrogen-bond acceptors (Lipinski definition) is 2. The fraction of sp³-hybridized carbons (Fsp3) is 0.375. The van der Waals surface area contributed by atoms with E-state index in [-0.39, 0.29) is 0 Å². The molecular formula is C16H21NS. The van der Waals surface area contributed by atoms with Crippen molar-refractivity contribution in [1.29, 1.82) is 0 Å². The molecule has 0 saturated heterocycles. The summed E-state index contributed by atoms with van der Waals surface area (Å²) in [6, 6.07) is 9.43. The van der Waals surface area contributed by atoms with Crippen molar-refractivity contribution in [1.82, 2.24) is 5.32 Å². The molecule has 0 saturated carbocycles. The van der Waals surface area contributed by atoms with Crippen LogP contribution in [0.5, 0.6) is 0 Å². The van der Waals surface area contributed by atoms with Crippen LogP contribution in [0.25, 0.3) is 0 Å². The van der Waals surface area contributed by atoms with Gasteiger partial charge in [0.15, 0.2) is 0 Å². The first kappa shape index (κ1) is 13.3. The smallest absolute Gasteiger partial charge is 0.0361 e. The highest BCUT2D eigenvalue weighted by Gasteiger charge is 2.12. The van der Waals surface area contributed by atoms with E-state index in [1.165, 1.54) is 22.3 Å². The van der Waals surface area contributed by atoms with Gasteiger partial charge in [0.1, 0.15) is 0 Å². The van der Waals surface area contributed by atoms with Crippen LogP contribution in [0, 0.1) is 13.8 Å². The Morgan fingerprint density at radius 1 is 1.17 bits per heavy atom. The van der Waals surface area contributed by atoms with Crippen molar-refractivity contribution in [2.75, 3.05) is 6.54 Å². The average molecular weight is 259 g/mol. The van der Waals surface area contributed by atoms with Gasteiger partial charge in [0.25, 0.3) is 0 Å². The largest absolute Gasteiger partial charge is 0.310 e. The molecule has 0 aliphatic carbocycles. The first-order valence-electron chi connectivity index (χ1n) is 6.52. The number of rotatable bonds is 5. The van der Waals surface area contributed by atoms with E-state index >= 15 is 0 Å². The number of hydrogen-bond donors (Lipinski definition) is 1. The number of nitrogens with one attached hydrogen (secondary N) is 1. The Bertz CT molecular complexity index is 488. The molecule has 1 unspecified atom stereocenters. The van der Waals surface area contributed by atoms with Crippen LogP contribution >= 0.6 is 11.3 Å². The van der Waals surface area contributed by atoms with Gasteiger partial charge in [-0.1, -0.05) is 25.1 Å². The van der Waals surface area contributed by atoms with Crippen molar-refractivity contribution in [2.24, 2.45) is 0 Å². The summed E-state index contributed by atoms with van der Waals surface area (Å²) >= 11 is 1.77. The molecule has 2 heteroatoms. The zero-order chi connectivity index (χ0) is 13.0. The highest BCUT2D eigenvalue weighted by Crippen LogP contribution is 2.22. The molecule has 0 amide bonds. The van der Waals surface area contributed by atoms with Crippen LogP contribution < -0.4 is 5.32 Å². The van der Waals surface area contributed by atoms with Crippen molar-refractivity contribution in [3.63, 3.8) is 0 Å². The molecule has 1 atom stereocenters. The molecule has 0 spiro atoms. The molecule has 0 radical (unpaired) electrons. The number of thiophene rings is 1. The second-order valence-corrected chi connectivity index (χ2v) is 5.57. The number of likely N-dealkylation sites (N-methyl/N-ethyl adjacent to an activating group) is 1. The van der Waals surface area contributed by atoms with E-state index in [9.17, 15) is 0 Å². The predicted molar refractivity (Wildman–Crippen MR) is 80.4 cm³/mol. The fourth-order valence-corrected chi connectivity index (χ4v) is 2.86. The van der Waals surface area contributed by atoms with Gasteiger partial charge < -0.3 is 5.32 Å². The van der Waals surface area contributed by atoms with Gasteiger partial charge in [0.05, 0.1) is 0 Å². The summed E-state index contributed by atoms with van der Waals surface area (Å²) in [5.74, 6) is 0. The Hall–Kier alpha value is -1.12. The van der Waals surface area contributed by atoms with Crippen LogP contribution in [-0.4, -0.2) is 6.54 Å². The topological polar surface area (TPSA) is 12.0 Å². The van der Waals surface area contributed by atoms with E-state index < -0.39 is 0 Å². The summed E-state index contributed by atoms with van der Waals surface area (Å²) in [4.78, 5) is 0. The maximum Gasteiger partial charge on any atom is 0.0361 e. The van der Waals surface area contributed by atoms with Gasteiger partial charge in [-0.15, -0.1) is 0 Å². The SMILES string of the molecule is CCNC(Cc1ccsc1)c1ccc(C)c(C)c1. The molecule has 1 aromatic carbocycles. The average Bonchev–Trinajstić information content (AvgIpc) is 2.85. The molecule has 0 bridgehead atoms. The molecule has 2 rings (SSSR count).